The Labute approximate surface area is 174 Å². The minimum Gasteiger partial charge on any atom is -0.493 e. The van der Waals surface area contributed by atoms with Crippen molar-refractivity contribution < 1.29 is 23.9 Å². The summed E-state index contributed by atoms with van der Waals surface area (Å²) in [6, 6.07) is 10.9. The first-order valence-electron chi connectivity index (χ1n) is 9.75. The van der Waals surface area contributed by atoms with E-state index in [0.717, 1.165) is 28.9 Å². The summed E-state index contributed by atoms with van der Waals surface area (Å²) in [7, 11) is 3.16. The van der Waals surface area contributed by atoms with Gasteiger partial charge >= 0.3 is 6.03 Å². The van der Waals surface area contributed by atoms with Gasteiger partial charge in [0.15, 0.2) is 11.5 Å². The predicted octanol–water partition coefficient (Wildman–Crippen LogP) is 2.32. The van der Waals surface area contributed by atoms with Crippen LogP contribution in [0, 0.1) is 0 Å². The molecular weight excluding hydrogens is 386 g/mol. The Balaban J connectivity index is 1.43. The van der Waals surface area contributed by atoms with Gasteiger partial charge in [-0.1, -0.05) is 18.2 Å². The third-order valence-electron chi connectivity index (χ3n) is 5.48. The van der Waals surface area contributed by atoms with Crippen LogP contribution in [0.15, 0.2) is 42.5 Å². The second-order valence-electron chi connectivity index (χ2n) is 7.28. The van der Waals surface area contributed by atoms with Crippen LogP contribution in [0.4, 0.5) is 10.5 Å². The molecule has 2 aliphatic rings. The van der Waals surface area contributed by atoms with Gasteiger partial charge in [0.1, 0.15) is 6.04 Å². The summed E-state index contributed by atoms with van der Waals surface area (Å²) in [6.07, 6.45) is 1.44. The summed E-state index contributed by atoms with van der Waals surface area (Å²) in [4.78, 5) is 38.6. The Morgan fingerprint density at radius 3 is 2.53 bits per heavy atom. The molecule has 2 N–H and O–H groups in total. The fourth-order valence-corrected chi connectivity index (χ4v) is 4.01. The van der Waals surface area contributed by atoms with Gasteiger partial charge in [-0.3, -0.25) is 9.59 Å². The van der Waals surface area contributed by atoms with Gasteiger partial charge in [0.05, 0.1) is 32.4 Å². The first-order chi connectivity index (χ1) is 14.5. The topological polar surface area (TPSA) is 97.0 Å². The van der Waals surface area contributed by atoms with Crippen molar-refractivity contribution in [2.45, 2.75) is 31.3 Å². The van der Waals surface area contributed by atoms with Gasteiger partial charge in [-0.15, -0.1) is 0 Å². The van der Waals surface area contributed by atoms with Crippen molar-refractivity contribution >= 4 is 23.5 Å². The lowest BCUT2D eigenvalue weighted by Gasteiger charge is -2.17. The first kappa shape index (κ1) is 19.8. The Morgan fingerprint density at radius 2 is 1.83 bits per heavy atom. The number of carbonyl (C=O) groups excluding carboxylic acids is 3. The molecule has 1 aliphatic carbocycles. The molecule has 156 valence electrons. The van der Waals surface area contributed by atoms with E-state index in [1.165, 1.54) is 0 Å². The van der Waals surface area contributed by atoms with Crippen molar-refractivity contribution in [1.82, 2.24) is 10.6 Å². The van der Waals surface area contributed by atoms with Gasteiger partial charge in [-0.25, -0.2) is 9.69 Å². The molecule has 0 spiro atoms. The summed E-state index contributed by atoms with van der Waals surface area (Å²) in [5.41, 5.74) is 2.56. The molecule has 8 nitrogen and oxygen atoms in total. The zero-order valence-electron chi connectivity index (χ0n) is 16.8. The number of rotatable bonds is 6. The molecule has 30 heavy (non-hydrogen) atoms. The minimum atomic E-state index is -0.885. The molecule has 2 aromatic carbocycles. The average molecular weight is 409 g/mol. The maximum Gasteiger partial charge on any atom is 0.329 e. The second kappa shape index (κ2) is 8.06. The van der Waals surface area contributed by atoms with Crippen molar-refractivity contribution in [1.29, 1.82) is 0 Å². The molecule has 1 heterocycles. The Bertz CT molecular complexity index is 992. The summed E-state index contributed by atoms with van der Waals surface area (Å²) in [5.74, 6) is 0.536. The highest BCUT2D eigenvalue weighted by Crippen LogP contribution is 2.39. The highest BCUT2D eigenvalue weighted by Gasteiger charge is 2.40. The molecule has 4 amide bonds. The SMILES string of the molecule is COc1cc2c(cc1OC)C(NC(=O)C[C@@H]1NC(=O)N(c3ccccc3)C1=O)CC2. The first-order valence-corrected chi connectivity index (χ1v) is 9.75. The fourth-order valence-electron chi connectivity index (χ4n) is 4.01. The highest BCUT2D eigenvalue weighted by molar-refractivity contribution is 6.22. The van der Waals surface area contributed by atoms with Gasteiger partial charge in [-0.05, 0) is 48.2 Å². The summed E-state index contributed by atoms with van der Waals surface area (Å²) < 4.78 is 10.7. The molecule has 0 radical (unpaired) electrons. The van der Waals surface area contributed by atoms with Gasteiger partial charge in [-0.2, -0.15) is 0 Å². The quantitative estimate of drug-likeness (QED) is 0.714. The smallest absolute Gasteiger partial charge is 0.329 e. The van der Waals surface area contributed by atoms with Crippen LogP contribution in [-0.2, 0) is 16.0 Å². The highest BCUT2D eigenvalue weighted by atomic mass is 16.5. The Kier molecular flexibility index (Phi) is 5.31. The number of urea groups is 1. The number of hydrogen-bond acceptors (Lipinski definition) is 5. The summed E-state index contributed by atoms with van der Waals surface area (Å²) >= 11 is 0. The monoisotopic (exact) mass is 409 g/mol. The molecular formula is C22H23N3O5. The molecule has 0 bridgehead atoms. The number of methoxy groups -OCH3 is 2. The standard InChI is InChI=1S/C22H23N3O5/c1-29-18-10-13-8-9-16(15(13)11-19(18)30-2)23-20(26)12-17-21(27)25(22(28)24-17)14-6-4-3-5-7-14/h3-7,10-11,16-17H,8-9,12H2,1-2H3,(H,23,26)(H,24,28)/t16?,17-/m0/s1. The molecule has 1 unspecified atom stereocenters. The number of carbonyl (C=O) groups is 3. The number of fused-ring (bicyclic) bond motifs is 1. The van der Waals surface area contributed by atoms with Crippen LogP contribution in [0.5, 0.6) is 11.5 Å². The molecule has 2 aromatic rings. The van der Waals surface area contributed by atoms with E-state index < -0.39 is 18.0 Å². The number of amides is 4. The Morgan fingerprint density at radius 1 is 1.13 bits per heavy atom. The van der Waals surface area contributed by atoms with Crippen molar-refractivity contribution in [2.24, 2.45) is 0 Å². The van der Waals surface area contributed by atoms with Crippen molar-refractivity contribution in [2.75, 3.05) is 19.1 Å². The molecule has 1 saturated heterocycles. The number of aryl methyl sites for hydroxylation is 1. The van der Waals surface area contributed by atoms with Crippen molar-refractivity contribution in [3.05, 3.63) is 53.6 Å². The van der Waals surface area contributed by atoms with Crippen LogP contribution in [0.1, 0.15) is 30.0 Å². The van der Waals surface area contributed by atoms with Crippen LogP contribution < -0.4 is 25.0 Å². The number of nitrogens with one attached hydrogen (secondary N) is 2. The van der Waals surface area contributed by atoms with Gasteiger partial charge in [0.25, 0.3) is 5.91 Å². The normalized spacial score (nSPS) is 20.0. The second-order valence-corrected chi connectivity index (χ2v) is 7.28. The zero-order valence-corrected chi connectivity index (χ0v) is 16.8. The van der Waals surface area contributed by atoms with Gasteiger partial charge < -0.3 is 20.1 Å². The number of hydrogen-bond donors (Lipinski definition) is 2. The number of ether oxygens (including phenoxy) is 2. The van der Waals surface area contributed by atoms with E-state index in [1.54, 1.807) is 44.6 Å². The minimum absolute atomic E-state index is 0.118. The molecule has 4 rings (SSSR count). The lowest BCUT2D eigenvalue weighted by molar-refractivity contribution is -0.126. The number of anilines is 1. The van der Waals surface area contributed by atoms with E-state index in [9.17, 15) is 14.4 Å². The van der Waals surface area contributed by atoms with Crippen molar-refractivity contribution in [3.63, 3.8) is 0 Å². The zero-order chi connectivity index (χ0) is 21.3. The lowest BCUT2D eigenvalue weighted by Crippen LogP contribution is -2.37. The summed E-state index contributed by atoms with van der Waals surface area (Å²) in [6.45, 7) is 0. The molecule has 0 aromatic heterocycles. The molecule has 1 fully saturated rings. The number of para-hydroxylation sites is 1. The molecule has 0 saturated carbocycles. The Hall–Kier alpha value is -3.55. The molecule has 2 atom stereocenters. The van der Waals surface area contributed by atoms with E-state index in [-0.39, 0.29) is 18.4 Å². The third kappa shape index (κ3) is 3.56. The van der Waals surface area contributed by atoms with Crippen LogP contribution in [0.25, 0.3) is 0 Å². The van der Waals surface area contributed by atoms with E-state index in [2.05, 4.69) is 10.6 Å². The largest absolute Gasteiger partial charge is 0.493 e. The average Bonchev–Trinajstić information content (AvgIpc) is 3.26. The van der Waals surface area contributed by atoms with E-state index in [4.69, 9.17) is 9.47 Å². The van der Waals surface area contributed by atoms with Crippen LogP contribution in [-0.4, -0.2) is 38.1 Å². The maximum absolute atomic E-state index is 12.7. The number of nitrogens with zero attached hydrogens (tertiary/aromatic N) is 1. The number of imide groups is 1. The lowest BCUT2D eigenvalue weighted by atomic mass is 10.1. The van der Waals surface area contributed by atoms with Gasteiger partial charge in [0.2, 0.25) is 5.91 Å². The van der Waals surface area contributed by atoms with E-state index in [0.29, 0.717) is 17.2 Å². The van der Waals surface area contributed by atoms with Crippen LogP contribution in [0.3, 0.4) is 0 Å². The number of benzene rings is 2. The summed E-state index contributed by atoms with van der Waals surface area (Å²) in [5, 5.41) is 5.58. The van der Waals surface area contributed by atoms with E-state index in [1.807, 2.05) is 12.1 Å². The predicted molar refractivity (Wildman–Crippen MR) is 110 cm³/mol. The fraction of sp³-hybridized carbons (Fsp3) is 0.318. The van der Waals surface area contributed by atoms with Crippen LogP contribution in [0.2, 0.25) is 0 Å². The van der Waals surface area contributed by atoms with Crippen LogP contribution >= 0.6 is 0 Å². The molecule has 8 heteroatoms. The third-order valence-corrected chi connectivity index (χ3v) is 5.48. The molecule has 1 aliphatic heterocycles. The van der Waals surface area contributed by atoms with Gasteiger partial charge in [0, 0.05) is 0 Å². The van der Waals surface area contributed by atoms with E-state index >= 15 is 0 Å². The van der Waals surface area contributed by atoms with Crippen molar-refractivity contribution in [3.8, 4) is 11.5 Å². The maximum atomic E-state index is 12.7.